The van der Waals surface area contributed by atoms with Crippen LogP contribution in [-0.2, 0) is 0 Å². The average molecular weight is 313 g/mol. The van der Waals surface area contributed by atoms with E-state index >= 15 is 0 Å². The van der Waals surface area contributed by atoms with Gasteiger partial charge in [-0.3, -0.25) is 9.78 Å². The molecule has 0 unspecified atom stereocenters. The summed E-state index contributed by atoms with van der Waals surface area (Å²) in [5, 5.41) is 2.95. The van der Waals surface area contributed by atoms with Gasteiger partial charge in [-0.25, -0.2) is 4.98 Å². The van der Waals surface area contributed by atoms with E-state index in [-0.39, 0.29) is 5.91 Å². The molecule has 17 heavy (non-hydrogen) atoms. The van der Waals surface area contributed by atoms with Crippen molar-refractivity contribution in [3.63, 3.8) is 0 Å². The number of aromatic nitrogens is 2. The molecule has 0 aliphatic heterocycles. The maximum Gasteiger partial charge on any atom is 0.258 e. The molecule has 0 aliphatic rings. The molecular weight excluding hydrogens is 305 g/mol. The molecule has 0 saturated heterocycles. The summed E-state index contributed by atoms with van der Waals surface area (Å²) in [7, 11) is 0. The Kier molecular flexibility index (Phi) is 3.71. The smallest absolute Gasteiger partial charge is 0.258 e. The number of nitrogens with zero attached hydrogens (tertiary/aromatic N) is 2. The molecule has 2 heterocycles. The van der Waals surface area contributed by atoms with Gasteiger partial charge in [0, 0.05) is 23.1 Å². The Labute approximate surface area is 111 Å². The third kappa shape index (κ3) is 3.01. The van der Waals surface area contributed by atoms with Crippen LogP contribution in [0, 0.1) is 0 Å². The van der Waals surface area contributed by atoms with Crippen molar-refractivity contribution < 1.29 is 4.79 Å². The molecule has 0 radical (unpaired) electrons. The van der Waals surface area contributed by atoms with E-state index in [1.807, 2.05) is 0 Å². The van der Waals surface area contributed by atoms with E-state index in [9.17, 15) is 4.79 Å². The highest BCUT2D eigenvalue weighted by atomic mass is 79.9. The van der Waals surface area contributed by atoms with Gasteiger partial charge in [0.25, 0.3) is 5.91 Å². The van der Waals surface area contributed by atoms with E-state index < -0.39 is 0 Å². The van der Waals surface area contributed by atoms with Crippen molar-refractivity contribution in [1.82, 2.24) is 9.97 Å². The van der Waals surface area contributed by atoms with Crippen LogP contribution in [0.1, 0.15) is 10.4 Å². The van der Waals surface area contributed by atoms with Crippen molar-refractivity contribution >= 4 is 39.3 Å². The van der Waals surface area contributed by atoms with E-state index in [2.05, 4.69) is 31.2 Å². The van der Waals surface area contributed by atoms with Crippen LogP contribution in [0.4, 0.5) is 5.82 Å². The second-order valence-corrected chi connectivity index (χ2v) is 4.49. The van der Waals surface area contributed by atoms with Gasteiger partial charge in [0.05, 0.1) is 10.6 Å². The number of hydrogen-bond donors (Lipinski definition) is 1. The first kappa shape index (κ1) is 12.0. The first-order chi connectivity index (χ1) is 8.16. The molecule has 0 atom stereocenters. The lowest BCUT2D eigenvalue weighted by atomic mass is 10.2. The largest absolute Gasteiger partial charge is 0.306 e. The lowest BCUT2D eigenvalue weighted by Crippen LogP contribution is -2.13. The zero-order valence-electron chi connectivity index (χ0n) is 8.52. The lowest BCUT2D eigenvalue weighted by Gasteiger charge is -2.05. The van der Waals surface area contributed by atoms with E-state index in [4.69, 9.17) is 11.6 Å². The summed E-state index contributed by atoms with van der Waals surface area (Å²) in [6.07, 6.45) is 4.52. The van der Waals surface area contributed by atoms with Gasteiger partial charge in [-0.05, 0) is 18.2 Å². The van der Waals surface area contributed by atoms with Gasteiger partial charge in [0.2, 0.25) is 0 Å². The highest BCUT2D eigenvalue weighted by molar-refractivity contribution is 9.10. The highest BCUT2D eigenvalue weighted by Gasteiger charge is 2.10. The van der Waals surface area contributed by atoms with Crippen molar-refractivity contribution in [3.05, 3.63) is 51.8 Å². The molecule has 0 aromatic carbocycles. The zero-order valence-corrected chi connectivity index (χ0v) is 10.9. The molecule has 0 fully saturated rings. The number of amides is 1. The van der Waals surface area contributed by atoms with Gasteiger partial charge < -0.3 is 5.32 Å². The van der Waals surface area contributed by atoms with Crippen LogP contribution in [0.5, 0.6) is 0 Å². The Morgan fingerprint density at radius 3 is 2.88 bits per heavy atom. The average Bonchev–Trinajstić information content (AvgIpc) is 2.29. The molecule has 0 bridgehead atoms. The molecule has 2 aromatic heterocycles. The number of rotatable bonds is 2. The maximum absolute atomic E-state index is 11.9. The first-order valence-electron chi connectivity index (χ1n) is 4.69. The Bertz CT molecular complexity index is 562. The van der Waals surface area contributed by atoms with Crippen LogP contribution >= 0.6 is 27.5 Å². The number of halogens is 2. The second kappa shape index (κ2) is 5.25. The minimum Gasteiger partial charge on any atom is -0.306 e. The maximum atomic E-state index is 11.9. The van der Waals surface area contributed by atoms with Crippen LogP contribution in [0.15, 0.2) is 41.3 Å². The Morgan fingerprint density at radius 2 is 2.18 bits per heavy atom. The zero-order chi connectivity index (χ0) is 12.3. The predicted octanol–water partition coefficient (Wildman–Crippen LogP) is 3.14. The van der Waals surface area contributed by atoms with Crippen LogP contribution < -0.4 is 5.32 Å². The highest BCUT2D eigenvalue weighted by Crippen LogP contribution is 2.17. The Hall–Kier alpha value is -1.46. The topological polar surface area (TPSA) is 54.9 Å². The molecule has 1 N–H and O–H groups in total. The summed E-state index contributed by atoms with van der Waals surface area (Å²) in [6, 6.07) is 5.03. The summed E-state index contributed by atoms with van der Waals surface area (Å²) in [4.78, 5) is 19.7. The predicted molar refractivity (Wildman–Crippen MR) is 69.1 cm³/mol. The molecule has 0 aliphatic carbocycles. The lowest BCUT2D eigenvalue weighted by molar-refractivity contribution is 0.102. The van der Waals surface area contributed by atoms with Gasteiger partial charge in [0.15, 0.2) is 0 Å². The summed E-state index contributed by atoms with van der Waals surface area (Å²) in [6.45, 7) is 0. The number of anilines is 1. The Balaban J connectivity index is 2.20. The van der Waals surface area contributed by atoms with Gasteiger partial charge in [-0.1, -0.05) is 27.5 Å². The minimum atomic E-state index is -0.317. The minimum absolute atomic E-state index is 0.306. The first-order valence-corrected chi connectivity index (χ1v) is 5.86. The van der Waals surface area contributed by atoms with Gasteiger partial charge in [-0.2, -0.15) is 0 Å². The Morgan fingerprint density at radius 1 is 1.35 bits per heavy atom. The number of hydrogen-bond acceptors (Lipinski definition) is 3. The molecular formula is C11H7BrClN3O. The number of nitrogens with one attached hydrogen (secondary N) is 1. The van der Waals surface area contributed by atoms with Crippen LogP contribution in [-0.4, -0.2) is 15.9 Å². The van der Waals surface area contributed by atoms with Crippen molar-refractivity contribution in [2.45, 2.75) is 0 Å². The van der Waals surface area contributed by atoms with E-state index in [1.54, 1.807) is 24.4 Å². The van der Waals surface area contributed by atoms with Gasteiger partial charge >= 0.3 is 0 Å². The van der Waals surface area contributed by atoms with Crippen LogP contribution in [0.25, 0.3) is 0 Å². The van der Waals surface area contributed by atoms with Crippen molar-refractivity contribution in [2.24, 2.45) is 0 Å². The second-order valence-electron chi connectivity index (χ2n) is 3.17. The van der Waals surface area contributed by atoms with Gasteiger partial charge in [0.1, 0.15) is 5.82 Å². The van der Waals surface area contributed by atoms with Crippen molar-refractivity contribution in [3.8, 4) is 0 Å². The molecule has 2 rings (SSSR count). The summed E-state index contributed by atoms with van der Waals surface area (Å²) < 4.78 is 0.837. The molecule has 2 aromatic rings. The normalized spacial score (nSPS) is 10.0. The summed E-state index contributed by atoms with van der Waals surface area (Å²) >= 11 is 9.16. The quantitative estimate of drug-likeness (QED) is 0.927. The molecule has 1 amide bonds. The SMILES string of the molecule is O=C(Nc1cc(Br)ccn1)c1ccncc1Cl. The molecule has 86 valence electrons. The number of pyridine rings is 2. The fraction of sp³-hybridized carbons (Fsp3) is 0. The van der Waals surface area contributed by atoms with Crippen LogP contribution in [0.3, 0.4) is 0 Å². The van der Waals surface area contributed by atoms with E-state index in [0.29, 0.717) is 16.4 Å². The summed E-state index contributed by atoms with van der Waals surface area (Å²) in [5.74, 6) is 0.139. The number of carbonyl (C=O) groups excluding carboxylic acids is 1. The molecule has 6 heteroatoms. The molecule has 0 spiro atoms. The van der Waals surface area contributed by atoms with Crippen molar-refractivity contribution in [2.75, 3.05) is 5.32 Å². The third-order valence-electron chi connectivity index (χ3n) is 1.98. The standard InChI is InChI=1S/C11H7BrClN3O/c12-7-1-4-15-10(5-7)16-11(17)8-2-3-14-6-9(8)13/h1-6H,(H,15,16,17). The monoisotopic (exact) mass is 311 g/mol. The third-order valence-corrected chi connectivity index (χ3v) is 2.78. The number of carbonyl (C=O) groups is 1. The summed E-state index contributed by atoms with van der Waals surface area (Å²) in [5.41, 5.74) is 0.364. The molecule has 0 saturated carbocycles. The van der Waals surface area contributed by atoms with Gasteiger partial charge in [-0.15, -0.1) is 0 Å². The fourth-order valence-corrected chi connectivity index (χ4v) is 1.76. The van der Waals surface area contributed by atoms with Crippen LogP contribution in [0.2, 0.25) is 5.02 Å². The van der Waals surface area contributed by atoms with E-state index in [1.165, 1.54) is 12.4 Å². The fourth-order valence-electron chi connectivity index (χ4n) is 1.22. The van der Waals surface area contributed by atoms with Crippen molar-refractivity contribution in [1.29, 1.82) is 0 Å². The van der Waals surface area contributed by atoms with E-state index in [0.717, 1.165) is 4.47 Å². The molecule has 4 nitrogen and oxygen atoms in total.